The SMILES string of the molecule is CS[C@H]1OC([C@H](NC(=O)[C@@H]2C[C@@H](CC3CC3)CN2)[C@H](C)Cl)[C@H](O)[C@H](O)[C@H]1O. The molecule has 0 aromatic heterocycles. The number of hydrogen-bond acceptors (Lipinski definition) is 7. The highest BCUT2D eigenvalue weighted by atomic mass is 35.5. The number of nitrogens with one attached hydrogen (secondary N) is 2. The van der Waals surface area contributed by atoms with Crippen LogP contribution >= 0.6 is 23.4 Å². The van der Waals surface area contributed by atoms with Gasteiger partial charge in [0.25, 0.3) is 0 Å². The Balaban J connectivity index is 1.62. The summed E-state index contributed by atoms with van der Waals surface area (Å²) in [5.74, 6) is 1.19. The second-order valence-corrected chi connectivity index (χ2v) is 9.75. The van der Waals surface area contributed by atoms with Gasteiger partial charge in [0.05, 0.1) is 17.5 Å². The lowest BCUT2D eigenvalue weighted by molar-refractivity contribution is -0.205. The predicted molar refractivity (Wildman–Crippen MR) is 105 cm³/mol. The van der Waals surface area contributed by atoms with Crippen molar-refractivity contribution in [3.63, 3.8) is 0 Å². The van der Waals surface area contributed by atoms with Crippen molar-refractivity contribution in [1.29, 1.82) is 0 Å². The average Bonchev–Trinajstić information content (AvgIpc) is 3.32. The molecule has 2 heterocycles. The molecule has 2 aliphatic heterocycles. The minimum atomic E-state index is -1.36. The predicted octanol–water partition coefficient (Wildman–Crippen LogP) is 0.0473. The van der Waals surface area contributed by atoms with Crippen LogP contribution in [-0.2, 0) is 9.53 Å². The van der Waals surface area contributed by atoms with Crippen LogP contribution in [0.15, 0.2) is 0 Å². The fourth-order valence-electron chi connectivity index (χ4n) is 4.10. The number of carbonyl (C=O) groups excluding carboxylic acids is 1. The number of alkyl halides is 1. The number of halogens is 1. The third-order valence-electron chi connectivity index (χ3n) is 5.90. The van der Waals surface area contributed by atoms with Crippen molar-refractivity contribution in [2.75, 3.05) is 12.8 Å². The lowest BCUT2D eigenvalue weighted by Crippen LogP contribution is -2.65. The fourth-order valence-corrected chi connectivity index (χ4v) is 4.99. The number of amides is 1. The maximum absolute atomic E-state index is 12.8. The Kier molecular flexibility index (Phi) is 7.33. The van der Waals surface area contributed by atoms with Crippen LogP contribution in [-0.4, -0.2) is 81.3 Å². The zero-order valence-electron chi connectivity index (χ0n) is 15.8. The molecule has 0 radical (unpaired) electrons. The summed E-state index contributed by atoms with van der Waals surface area (Å²) in [6.45, 7) is 2.56. The molecule has 0 bridgehead atoms. The first-order valence-electron chi connectivity index (χ1n) is 9.72. The van der Waals surface area contributed by atoms with Crippen molar-refractivity contribution in [1.82, 2.24) is 10.6 Å². The molecule has 7 nitrogen and oxygen atoms in total. The minimum Gasteiger partial charge on any atom is -0.388 e. The zero-order valence-corrected chi connectivity index (χ0v) is 17.3. The highest BCUT2D eigenvalue weighted by Gasteiger charge is 2.48. The minimum absolute atomic E-state index is 0.164. The van der Waals surface area contributed by atoms with E-state index in [0.29, 0.717) is 5.92 Å². The van der Waals surface area contributed by atoms with Crippen molar-refractivity contribution in [3.05, 3.63) is 0 Å². The number of aliphatic hydroxyl groups is 3. The van der Waals surface area contributed by atoms with Gasteiger partial charge in [0.1, 0.15) is 29.9 Å². The van der Waals surface area contributed by atoms with Gasteiger partial charge in [-0.1, -0.05) is 12.8 Å². The zero-order chi connectivity index (χ0) is 19.7. The van der Waals surface area contributed by atoms with E-state index in [0.717, 1.165) is 18.9 Å². The van der Waals surface area contributed by atoms with Crippen molar-refractivity contribution in [3.8, 4) is 0 Å². The molecule has 0 aromatic carbocycles. The highest BCUT2D eigenvalue weighted by Crippen LogP contribution is 2.37. The molecule has 9 heteroatoms. The van der Waals surface area contributed by atoms with E-state index in [2.05, 4.69) is 10.6 Å². The Morgan fingerprint density at radius 1 is 1.26 bits per heavy atom. The van der Waals surface area contributed by atoms with E-state index < -0.39 is 41.3 Å². The second kappa shape index (κ2) is 9.15. The summed E-state index contributed by atoms with van der Waals surface area (Å²) in [6.07, 6.45) is 1.54. The average molecular weight is 423 g/mol. The van der Waals surface area contributed by atoms with E-state index in [1.807, 2.05) is 0 Å². The maximum Gasteiger partial charge on any atom is 0.237 e. The summed E-state index contributed by atoms with van der Waals surface area (Å²) in [5.41, 5.74) is -0.698. The van der Waals surface area contributed by atoms with E-state index in [1.165, 1.54) is 31.0 Å². The summed E-state index contributed by atoms with van der Waals surface area (Å²) in [6, 6.07) is -0.963. The van der Waals surface area contributed by atoms with Crippen LogP contribution < -0.4 is 10.6 Å². The third-order valence-corrected chi connectivity index (χ3v) is 7.02. The van der Waals surface area contributed by atoms with Gasteiger partial charge in [-0.3, -0.25) is 4.79 Å². The van der Waals surface area contributed by atoms with E-state index in [9.17, 15) is 20.1 Å². The molecule has 0 spiro atoms. The Bertz CT molecular complexity index is 522. The number of hydrogen-bond donors (Lipinski definition) is 5. The molecule has 1 unspecified atom stereocenters. The van der Waals surface area contributed by atoms with Crippen LogP contribution in [0.1, 0.15) is 32.6 Å². The molecule has 1 saturated carbocycles. The Hall–Kier alpha value is -0.0900. The van der Waals surface area contributed by atoms with E-state index in [1.54, 1.807) is 13.2 Å². The molecule has 3 rings (SSSR count). The summed E-state index contributed by atoms with van der Waals surface area (Å²) in [5, 5.41) is 36.2. The van der Waals surface area contributed by atoms with Crippen LogP contribution in [0.2, 0.25) is 0 Å². The van der Waals surface area contributed by atoms with E-state index >= 15 is 0 Å². The summed E-state index contributed by atoms with van der Waals surface area (Å²) in [7, 11) is 0. The Morgan fingerprint density at radius 2 is 1.96 bits per heavy atom. The van der Waals surface area contributed by atoms with Crippen molar-refractivity contribution < 1.29 is 24.9 Å². The smallest absolute Gasteiger partial charge is 0.237 e. The van der Waals surface area contributed by atoms with Crippen LogP contribution in [0.3, 0.4) is 0 Å². The molecule has 5 N–H and O–H groups in total. The molecule has 1 aliphatic carbocycles. The van der Waals surface area contributed by atoms with Gasteiger partial charge in [0.2, 0.25) is 5.91 Å². The molecule has 2 saturated heterocycles. The molecular weight excluding hydrogens is 392 g/mol. The Morgan fingerprint density at radius 3 is 2.56 bits per heavy atom. The van der Waals surface area contributed by atoms with Crippen molar-refractivity contribution in [2.45, 2.75) is 79.9 Å². The standard InChI is InChI=1S/C18H31ClN2O5S/c1-8(19)12(16-14(23)13(22)15(24)18(26-16)27-2)21-17(25)11-6-10(7-20-11)5-9-3-4-9/h8-16,18,20,22-24H,3-7H2,1-2H3,(H,21,25)/t8-,10+,11-,12+,13-,14+,15+,16?,18+/m0/s1. The van der Waals surface area contributed by atoms with Gasteiger partial charge in [0.15, 0.2) is 0 Å². The largest absolute Gasteiger partial charge is 0.388 e. The number of rotatable bonds is 7. The lowest BCUT2D eigenvalue weighted by atomic mass is 9.92. The van der Waals surface area contributed by atoms with Gasteiger partial charge in [-0.25, -0.2) is 0 Å². The van der Waals surface area contributed by atoms with E-state index in [4.69, 9.17) is 16.3 Å². The van der Waals surface area contributed by atoms with Crippen molar-refractivity contribution >= 4 is 29.3 Å². The van der Waals surface area contributed by atoms with Crippen LogP contribution in [0.5, 0.6) is 0 Å². The molecule has 27 heavy (non-hydrogen) atoms. The molecule has 1 amide bonds. The van der Waals surface area contributed by atoms with Crippen LogP contribution in [0, 0.1) is 11.8 Å². The van der Waals surface area contributed by atoms with E-state index in [-0.39, 0.29) is 11.9 Å². The van der Waals surface area contributed by atoms with Gasteiger partial charge in [-0.05, 0) is 44.4 Å². The summed E-state index contributed by atoms with van der Waals surface area (Å²) < 4.78 is 5.78. The van der Waals surface area contributed by atoms with Gasteiger partial charge < -0.3 is 30.7 Å². The second-order valence-electron chi connectivity index (χ2n) is 8.13. The fraction of sp³-hybridized carbons (Fsp3) is 0.944. The number of ether oxygens (including phenoxy) is 1. The first kappa shape index (κ1) is 21.6. The molecule has 156 valence electrons. The monoisotopic (exact) mass is 422 g/mol. The third kappa shape index (κ3) is 5.10. The summed E-state index contributed by atoms with van der Waals surface area (Å²) in [4.78, 5) is 12.8. The molecular formula is C18H31ClN2O5S. The first-order valence-corrected chi connectivity index (χ1v) is 11.4. The number of carbonyl (C=O) groups is 1. The van der Waals surface area contributed by atoms with Crippen molar-refractivity contribution in [2.24, 2.45) is 11.8 Å². The first-order chi connectivity index (χ1) is 12.8. The quantitative estimate of drug-likeness (QED) is 0.368. The highest BCUT2D eigenvalue weighted by molar-refractivity contribution is 7.99. The molecule has 9 atom stereocenters. The van der Waals surface area contributed by atoms with Gasteiger partial charge in [0, 0.05) is 0 Å². The topological polar surface area (TPSA) is 111 Å². The molecule has 3 aliphatic rings. The number of thioether (sulfide) groups is 1. The van der Waals surface area contributed by atoms with Gasteiger partial charge >= 0.3 is 0 Å². The van der Waals surface area contributed by atoms with Gasteiger partial charge in [-0.2, -0.15) is 0 Å². The van der Waals surface area contributed by atoms with Crippen LogP contribution in [0.25, 0.3) is 0 Å². The van der Waals surface area contributed by atoms with Gasteiger partial charge in [-0.15, -0.1) is 23.4 Å². The van der Waals surface area contributed by atoms with Crippen LogP contribution in [0.4, 0.5) is 0 Å². The Labute approximate surface area is 169 Å². The lowest BCUT2D eigenvalue weighted by Gasteiger charge is -2.44. The molecule has 3 fully saturated rings. The summed E-state index contributed by atoms with van der Waals surface area (Å²) >= 11 is 7.53. The maximum atomic E-state index is 12.8. The molecule has 0 aromatic rings. The number of aliphatic hydroxyl groups excluding tert-OH is 3. The normalized spacial score (nSPS) is 41.9.